The fourth-order valence-electron chi connectivity index (χ4n) is 3.54. The van der Waals surface area contributed by atoms with Crippen LogP contribution in [0.3, 0.4) is 0 Å². The molecular weight excluding hydrogens is 464 g/mol. The van der Waals surface area contributed by atoms with E-state index in [1.54, 1.807) is 17.6 Å². The Hall–Kier alpha value is -2.89. The second kappa shape index (κ2) is 10.2. The summed E-state index contributed by atoms with van der Waals surface area (Å²) in [6, 6.07) is 4.60. The Bertz CT molecular complexity index is 1160. The van der Waals surface area contributed by atoms with Gasteiger partial charge in [0.15, 0.2) is 0 Å². The first-order valence-corrected chi connectivity index (χ1v) is 11.9. The van der Waals surface area contributed by atoms with Crippen molar-refractivity contribution < 1.29 is 23.4 Å². The molecular formula is C23H27F2N5O3S. The Morgan fingerprint density at radius 1 is 1.32 bits per heavy atom. The number of fused-ring (bicyclic) bond motifs is 1. The van der Waals surface area contributed by atoms with Gasteiger partial charge in [0.05, 0.1) is 51.4 Å². The molecule has 182 valence electrons. The van der Waals surface area contributed by atoms with Gasteiger partial charge in [0, 0.05) is 31.0 Å². The van der Waals surface area contributed by atoms with Crippen LogP contribution in [0.1, 0.15) is 37.0 Å². The summed E-state index contributed by atoms with van der Waals surface area (Å²) in [7, 11) is 0. The molecule has 2 atom stereocenters. The molecule has 8 nitrogen and oxygen atoms in total. The molecule has 0 saturated carbocycles. The molecule has 2 aromatic heterocycles. The lowest BCUT2D eigenvalue weighted by molar-refractivity contribution is -0.00177. The van der Waals surface area contributed by atoms with E-state index in [1.165, 1.54) is 37.4 Å². The number of ether oxygens (including phenoxy) is 1. The second-order valence-electron chi connectivity index (χ2n) is 8.78. The van der Waals surface area contributed by atoms with Crippen LogP contribution >= 0.6 is 11.3 Å². The van der Waals surface area contributed by atoms with E-state index in [0.29, 0.717) is 30.2 Å². The molecule has 11 heteroatoms. The van der Waals surface area contributed by atoms with Gasteiger partial charge in [-0.1, -0.05) is 0 Å². The molecule has 1 aliphatic heterocycles. The first kappa shape index (κ1) is 24.2. The summed E-state index contributed by atoms with van der Waals surface area (Å²) in [6.07, 6.45) is 1.45. The summed E-state index contributed by atoms with van der Waals surface area (Å²) in [6.45, 7) is 3.49. The Morgan fingerprint density at radius 2 is 2.15 bits per heavy atom. The molecule has 1 saturated heterocycles. The minimum atomic E-state index is -1.64. The van der Waals surface area contributed by atoms with Crippen LogP contribution in [0.4, 0.5) is 26.0 Å². The molecule has 3 aromatic rings. The lowest BCUT2D eigenvalue weighted by Gasteiger charge is -2.26. The molecule has 1 fully saturated rings. The Labute approximate surface area is 199 Å². The van der Waals surface area contributed by atoms with Crippen LogP contribution in [0.5, 0.6) is 0 Å². The highest BCUT2D eigenvalue weighted by Gasteiger charge is 2.27. The first-order chi connectivity index (χ1) is 16.2. The van der Waals surface area contributed by atoms with Gasteiger partial charge in [0.25, 0.3) is 5.91 Å². The molecule has 1 aliphatic rings. The maximum Gasteiger partial charge on any atom is 0.255 e. The zero-order valence-electron chi connectivity index (χ0n) is 18.9. The molecule has 3 heterocycles. The monoisotopic (exact) mass is 491 g/mol. The molecule has 4 rings (SSSR count). The fourth-order valence-corrected chi connectivity index (χ4v) is 4.24. The SMILES string of the molecule is CC(C)(O)C(F)CNC(=O)c1cnc(Nc2cc3scnc3cc2F)cc1NC1CCCOC1. The van der Waals surface area contributed by atoms with Crippen molar-refractivity contribution in [2.45, 2.75) is 44.5 Å². The van der Waals surface area contributed by atoms with E-state index in [4.69, 9.17) is 4.74 Å². The van der Waals surface area contributed by atoms with Gasteiger partial charge in [-0.25, -0.2) is 18.7 Å². The summed E-state index contributed by atoms with van der Waals surface area (Å²) in [4.78, 5) is 21.2. The van der Waals surface area contributed by atoms with Gasteiger partial charge in [-0.05, 0) is 32.8 Å². The molecule has 0 spiro atoms. The third-order valence-electron chi connectivity index (χ3n) is 5.56. The molecule has 0 aliphatic carbocycles. The molecule has 34 heavy (non-hydrogen) atoms. The van der Waals surface area contributed by atoms with Crippen molar-refractivity contribution in [2.24, 2.45) is 0 Å². The van der Waals surface area contributed by atoms with E-state index in [1.807, 2.05) is 0 Å². The number of amides is 1. The van der Waals surface area contributed by atoms with Crippen molar-refractivity contribution in [1.82, 2.24) is 15.3 Å². The number of thiazole rings is 1. The fraction of sp³-hybridized carbons (Fsp3) is 0.435. The van der Waals surface area contributed by atoms with E-state index in [9.17, 15) is 18.7 Å². The summed E-state index contributed by atoms with van der Waals surface area (Å²) in [5, 5.41) is 18.6. The predicted molar refractivity (Wildman–Crippen MR) is 128 cm³/mol. The Kier molecular flexibility index (Phi) is 7.24. The number of halogens is 2. The Balaban J connectivity index is 1.57. The number of hydrogen-bond acceptors (Lipinski definition) is 8. The number of nitrogens with one attached hydrogen (secondary N) is 3. The number of pyridine rings is 1. The summed E-state index contributed by atoms with van der Waals surface area (Å²) >= 11 is 1.40. The highest BCUT2D eigenvalue weighted by atomic mass is 32.1. The van der Waals surface area contributed by atoms with E-state index in [2.05, 4.69) is 25.9 Å². The lowest BCUT2D eigenvalue weighted by atomic mass is 10.0. The van der Waals surface area contributed by atoms with Crippen LogP contribution in [0.2, 0.25) is 0 Å². The van der Waals surface area contributed by atoms with Crippen LogP contribution in [0, 0.1) is 5.82 Å². The van der Waals surface area contributed by atoms with Crippen molar-refractivity contribution >= 4 is 44.7 Å². The van der Waals surface area contributed by atoms with Crippen LogP contribution in [-0.4, -0.2) is 58.6 Å². The summed E-state index contributed by atoms with van der Waals surface area (Å²) < 4.78 is 35.0. The number of alkyl halides is 1. The van der Waals surface area contributed by atoms with Crippen LogP contribution in [-0.2, 0) is 4.74 Å². The smallest absolute Gasteiger partial charge is 0.255 e. The standard InChI is InChI=1S/C23H27F2N5O3S/c1-23(2,32)20(25)10-27-22(31)14-9-26-21(8-16(14)29-13-4-3-5-33-11-13)30-17-7-19-18(6-15(17)24)28-12-34-19/h6-9,12-13,20,32H,3-5,10-11H2,1-2H3,(H,27,31)(H2,26,29,30). The summed E-state index contributed by atoms with van der Waals surface area (Å²) in [5.74, 6) is -0.682. The molecule has 2 unspecified atom stereocenters. The first-order valence-electron chi connectivity index (χ1n) is 11.0. The maximum atomic E-state index is 14.6. The van der Waals surface area contributed by atoms with Gasteiger partial charge in [-0.3, -0.25) is 4.79 Å². The third kappa shape index (κ3) is 5.78. The minimum Gasteiger partial charge on any atom is -0.387 e. The van der Waals surface area contributed by atoms with Gasteiger partial charge in [-0.15, -0.1) is 11.3 Å². The number of aromatic nitrogens is 2. The molecule has 4 N–H and O–H groups in total. The van der Waals surface area contributed by atoms with Crippen molar-refractivity contribution in [3.05, 3.63) is 41.3 Å². The van der Waals surface area contributed by atoms with E-state index in [0.717, 1.165) is 17.5 Å². The normalized spacial score (nSPS) is 17.4. The number of benzene rings is 1. The van der Waals surface area contributed by atoms with Gasteiger partial charge in [0.1, 0.15) is 17.8 Å². The summed E-state index contributed by atoms with van der Waals surface area (Å²) in [5.41, 5.74) is 1.54. The molecule has 0 bridgehead atoms. The van der Waals surface area contributed by atoms with E-state index < -0.39 is 23.5 Å². The molecule has 1 aromatic carbocycles. The van der Waals surface area contributed by atoms with E-state index in [-0.39, 0.29) is 23.8 Å². The van der Waals surface area contributed by atoms with Gasteiger partial charge < -0.3 is 25.8 Å². The number of rotatable bonds is 8. The van der Waals surface area contributed by atoms with Crippen LogP contribution < -0.4 is 16.0 Å². The van der Waals surface area contributed by atoms with Crippen LogP contribution in [0.15, 0.2) is 29.9 Å². The zero-order valence-corrected chi connectivity index (χ0v) is 19.7. The van der Waals surface area contributed by atoms with Gasteiger partial charge >= 0.3 is 0 Å². The quantitative estimate of drug-likeness (QED) is 0.377. The van der Waals surface area contributed by atoms with Crippen LogP contribution in [0.25, 0.3) is 10.2 Å². The third-order valence-corrected chi connectivity index (χ3v) is 6.35. The van der Waals surface area contributed by atoms with Gasteiger partial charge in [-0.2, -0.15) is 0 Å². The van der Waals surface area contributed by atoms with Gasteiger partial charge in [0.2, 0.25) is 0 Å². The number of nitrogens with zero attached hydrogens (tertiary/aromatic N) is 2. The van der Waals surface area contributed by atoms with Crippen molar-refractivity contribution in [1.29, 1.82) is 0 Å². The zero-order chi connectivity index (χ0) is 24.3. The minimum absolute atomic E-state index is 0.0221. The highest BCUT2D eigenvalue weighted by Crippen LogP contribution is 2.29. The van der Waals surface area contributed by atoms with E-state index >= 15 is 0 Å². The number of aliphatic hydroxyl groups is 1. The predicted octanol–water partition coefficient (Wildman–Crippen LogP) is 4.00. The number of anilines is 3. The molecule has 0 radical (unpaired) electrons. The Morgan fingerprint density at radius 3 is 2.88 bits per heavy atom. The highest BCUT2D eigenvalue weighted by molar-refractivity contribution is 7.16. The topological polar surface area (TPSA) is 108 Å². The van der Waals surface area contributed by atoms with Crippen molar-refractivity contribution in [3.63, 3.8) is 0 Å². The maximum absolute atomic E-state index is 14.6. The van der Waals surface area contributed by atoms with Crippen molar-refractivity contribution in [3.8, 4) is 0 Å². The number of carbonyl (C=O) groups is 1. The number of carbonyl (C=O) groups excluding carboxylic acids is 1. The largest absolute Gasteiger partial charge is 0.387 e. The molecule has 1 amide bonds. The lowest BCUT2D eigenvalue weighted by Crippen LogP contribution is -2.42. The van der Waals surface area contributed by atoms with Crippen molar-refractivity contribution in [2.75, 3.05) is 30.4 Å². The average Bonchev–Trinajstić information content (AvgIpc) is 3.24. The number of hydrogen-bond donors (Lipinski definition) is 4. The second-order valence-corrected chi connectivity index (χ2v) is 9.67. The average molecular weight is 492 g/mol.